The Morgan fingerprint density at radius 3 is 2.79 bits per heavy atom. The maximum Gasteiger partial charge on any atom is 0.146 e. The Kier molecular flexibility index (Phi) is 5.20. The molecule has 1 aromatic rings. The van der Waals surface area contributed by atoms with E-state index in [2.05, 4.69) is 24.1 Å². The number of hydrogen-bond donors (Lipinski definition) is 1. The molecule has 0 bridgehead atoms. The second-order valence-corrected chi connectivity index (χ2v) is 5.47. The van der Waals surface area contributed by atoms with Gasteiger partial charge in [0.25, 0.3) is 0 Å². The first kappa shape index (κ1) is 14.3. The van der Waals surface area contributed by atoms with Gasteiger partial charge in [-0.25, -0.2) is 4.39 Å². The Hall–Kier alpha value is -1.09. The number of benzene rings is 1. The van der Waals surface area contributed by atoms with Crippen LogP contribution in [0.1, 0.15) is 39.5 Å². The topological polar surface area (TPSA) is 15.3 Å². The number of anilines is 1. The standard InChI is InChI=1S/C16H25FN2/c1-3-19(16-10-5-4-9-15(16)17)13(2)12-14-8-6-7-11-18-14/h4-5,9-10,13-14,18H,3,6-8,11-12H2,1-2H3. The van der Waals surface area contributed by atoms with Gasteiger partial charge in [0.2, 0.25) is 0 Å². The predicted octanol–water partition coefficient (Wildman–Crippen LogP) is 3.57. The maximum atomic E-state index is 13.9. The average Bonchev–Trinajstić information content (AvgIpc) is 2.43. The van der Waals surface area contributed by atoms with Crippen LogP contribution in [0.3, 0.4) is 0 Å². The second kappa shape index (κ2) is 6.90. The van der Waals surface area contributed by atoms with Gasteiger partial charge in [-0.2, -0.15) is 0 Å². The van der Waals surface area contributed by atoms with Crippen LogP contribution in [0.25, 0.3) is 0 Å². The van der Waals surface area contributed by atoms with Crippen LogP contribution < -0.4 is 10.2 Å². The fraction of sp³-hybridized carbons (Fsp3) is 0.625. The highest BCUT2D eigenvalue weighted by Crippen LogP contribution is 2.23. The van der Waals surface area contributed by atoms with E-state index in [9.17, 15) is 4.39 Å². The lowest BCUT2D eigenvalue weighted by molar-refractivity contribution is 0.359. The van der Waals surface area contributed by atoms with Crippen molar-refractivity contribution in [3.8, 4) is 0 Å². The minimum Gasteiger partial charge on any atom is -0.367 e. The SMILES string of the molecule is CCN(c1ccccc1F)C(C)CC1CCCCN1. The zero-order valence-corrected chi connectivity index (χ0v) is 12.0. The van der Waals surface area contributed by atoms with Gasteiger partial charge in [-0.3, -0.25) is 0 Å². The predicted molar refractivity (Wildman–Crippen MR) is 79.1 cm³/mol. The molecule has 1 aromatic carbocycles. The van der Waals surface area contributed by atoms with E-state index in [1.54, 1.807) is 12.1 Å². The minimum absolute atomic E-state index is 0.118. The largest absolute Gasteiger partial charge is 0.367 e. The molecule has 2 atom stereocenters. The number of nitrogens with zero attached hydrogens (tertiary/aromatic N) is 1. The molecule has 1 fully saturated rings. The number of nitrogens with one attached hydrogen (secondary N) is 1. The number of hydrogen-bond acceptors (Lipinski definition) is 2. The van der Waals surface area contributed by atoms with Crippen LogP contribution in [0.2, 0.25) is 0 Å². The second-order valence-electron chi connectivity index (χ2n) is 5.47. The van der Waals surface area contributed by atoms with E-state index >= 15 is 0 Å². The zero-order valence-electron chi connectivity index (χ0n) is 12.0. The number of piperidine rings is 1. The monoisotopic (exact) mass is 264 g/mol. The molecule has 1 saturated heterocycles. The molecule has 0 spiro atoms. The van der Waals surface area contributed by atoms with Gasteiger partial charge in [0, 0.05) is 18.6 Å². The van der Waals surface area contributed by atoms with Crippen LogP contribution >= 0.6 is 0 Å². The fourth-order valence-electron chi connectivity index (χ4n) is 3.07. The lowest BCUT2D eigenvalue weighted by Gasteiger charge is -2.34. The van der Waals surface area contributed by atoms with Crippen molar-refractivity contribution in [1.29, 1.82) is 0 Å². The fourth-order valence-corrected chi connectivity index (χ4v) is 3.07. The quantitative estimate of drug-likeness (QED) is 0.874. The first-order chi connectivity index (χ1) is 9.22. The molecule has 1 N–H and O–H groups in total. The molecule has 0 amide bonds. The van der Waals surface area contributed by atoms with Crippen LogP contribution in [-0.2, 0) is 0 Å². The van der Waals surface area contributed by atoms with Crippen molar-refractivity contribution in [2.75, 3.05) is 18.0 Å². The third-order valence-corrected chi connectivity index (χ3v) is 4.07. The van der Waals surface area contributed by atoms with E-state index in [0.29, 0.717) is 12.1 Å². The van der Waals surface area contributed by atoms with Gasteiger partial charge < -0.3 is 10.2 Å². The molecule has 19 heavy (non-hydrogen) atoms. The number of rotatable bonds is 5. The van der Waals surface area contributed by atoms with E-state index in [0.717, 1.165) is 25.2 Å². The summed E-state index contributed by atoms with van der Waals surface area (Å²) in [5, 5.41) is 3.57. The van der Waals surface area contributed by atoms with Crippen molar-refractivity contribution in [3.63, 3.8) is 0 Å². The van der Waals surface area contributed by atoms with E-state index in [1.165, 1.54) is 19.3 Å². The third-order valence-electron chi connectivity index (χ3n) is 4.07. The van der Waals surface area contributed by atoms with E-state index in [-0.39, 0.29) is 5.82 Å². The minimum atomic E-state index is -0.118. The highest BCUT2D eigenvalue weighted by Gasteiger charge is 2.21. The first-order valence-corrected chi connectivity index (χ1v) is 7.47. The summed E-state index contributed by atoms with van der Waals surface area (Å²) in [5.74, 6) is -0.118. The summed E-state index contributed by atoms with van der Waals surface area (Å²) in [6.07, 6.45) is 4.94. The molecule has 0 radical (unpaired) electrons. The van der Waals surface area contributed by atoms with Crippen LogP contribution in [0.4, 0.5) is 10.1 Å². The molecule has 0 saturated carbocycles. The lowest BCUT2D eigenvalue weighted by atomic mass is 9.98. The van der Waals surface area contributed by atoms with Crippen LogP contribution in [0, 0.1) is 5.82 Å². The molecule has 3 heteroatoms. The maximum absolute atomic E-state index is 13.9. The highest BCUT2D eigenvalue weighted by molar-refractivity contribution is 5.48. The molecule has 0 aliphatic carbocycles. The van der Waals surface area contributed by atoms with E-state index in [1.807, 2.05) is 12.1 Å². The summed E-state index contributed by atoms with van der Waals surface area (Å²) in [5.41, 5.74) is 0.730. The normalized spacial score (nSPS) is 21.1. The molecular weight excluding hydrogens is 239 g/mol. The molecule has 1 heterocycles. The molecule has 1 aliphatic rings. The van der Waals surface area contributed by atoms with Gasteiger partial charge in [-0.05, 0) is 51.8 Å². The summed E-state index contributed by atoms with van der Waals surface area (Å²) in [6, 6.07) is 8.03. The Morgan fingerprint density at radius 1 is 1.37 bits per heavy atom. The molecular formula is C16H25FN2. The van der Waals surface area contributed by atoms with Crippen LogP contribution in [0.5, 0.6) is 0 Å². The summed E-state index contributed by atoms with van der Waals surface area (Å²) in [6.45, 7) is 6.27. The van der Waals surface area contributed by atoms with Gasteiger partial charge in [0.1, 0.15) is 5.82 Å². The van der Waals surface area contributed by atoms with E-state index in [4.69, 9.17) is 0 Å². The van der Waals surface area contributed by atoms with Gasteiger partial charge in [0.15, 0.2) is 0 Å². The van der Waals surface area contributed by atoms with E-state index < -0.39 is 0 Å². The Morgan fingerprint density at radius 2 is 2.16 bits per heavy atom. The molecule has 0 aromatic heterocycles. The molecule has 2 rings (SSSR count). The Bertz CT molecular complexity index is 388. The Balaban J connectivity index is 2.02. The van der Waals surface area contributed by atoms with Crippen molar-refractivity contribution >= 4 is 5.69 Å². The first-order valence-electron chi connectivity index (χ1n) is 7.47. The summed E-state index contributed by atoms with van der Waals surface area (Å²) in [7, 11) is 0. The van der Waals surface area contributed by atoms with Crippen molar-refractivity contribution in [3.05, 3.63) is 30.1 Å². The van der Waals surface area contributed by atoms with Gasteiger partial charge in [0.05, 0.1) is 5.69 Å². The molecule has 2 unspecified atom stereocenters. The number of para-hydroxylation sites is 1. The molecule has 1 aliphatic heterocycles. The van der Waals surface area contributed by atoms with Crippen molar-refractivity contribution in [2.45, 2.75) is 51.6 Å². The summed E-state index contributed by atoms with van der Waals surface area (Å²) >= 11 is 0. The summed E-state index contributed by atoms with van der Waals surface area (Å²) in [4.78, 5) is 2.17. The zero-order chi connectivity index (χ0) is 13.7. The Labute approximate surface area is 116 Å². The van der Waals surface area contributed by atoms with Gasteiger partial charge in [-0.1, -0.05) is 18.6 Å². The molecule has 106 valence electrons. The van der Waals surface area contributed by atoms with Gasteiger partial charge in [-0.15, -0.1) is 0 Å². The van der Waals surface area contributed by atoms with Crippen molar-refractivity contribution in [2.24, 2.45) is 0 Å². The molecule has 2 nitrogen and oxygen atoms in total. The average molecular weight is 264 g/mol. The third kappa shape index (κ3) is 3.69. The summed E-state index contributed by atoms with van der Waals surface area (Å²) < 4.78 is 13.9. The number of halogens is 1. The lowest BCUT2D eigenvalue weighted by Crippen LogP contribution is -2.42. The smallest absolute Gasteiger partial charge is 0.146 e. The van der Waals surface area contributed by atoms with Gasteiger partial charge >= 0.3 is 0 Å². The van der Waals surface area contributed by atoms with Crippen molar-refractivity contribution < 1.29 is 4.39 Å². The van der Waals surface area contributed by atoms with Crippen LogP contribution in [-0.4, -0.2) is 25.2 Å². The van der Waals surface area contributed by atoms with Crippen molar-refractivity contribution in [1.82, 2.24) is 5.32 Å². The highest BCUT2D eigenvalue weighted by atomic mass is 19.1. The van der Waals surface area contributed by atoms with Crippen LogP contribution in [0.15, 0.2) is 24.3 Å².